The standard InChI is InChI=1S/C15H18N4S/c1-3-14-18-12-8-11(16)4-5-13(12)19(14)7-6-15-17-10(2)9-20-15/h4-5,8-9H,3,6-7,16H2,1-2H3. The topological polar surface area (TPSA) is 56.7 Å². The second kappa shape index (κ2) is 5.25. The van der Waals surface area contributed by atoms with Gasteiger partial charge < -0.3 is 10.3 Å². The quantitative estimate of drug-likeness (QED) is 0.749. The van der Waals surface area contributed by atoms with Crippen LogP contribution in [0.5, 0.6) is 0 Å². The predicted octanol–water partition coefficient (Wildman–Crippen LogP) is 3.19. The zero-order chi connectivity index (χ0) is 14.1. The Morgan fingerprint density at radius 1 is 1.30 bits per heavy atom. The van der Waals surface area contributed by atoms with E-state index in [2.05, 4.69) is 32.9 Å². The van der Waals surface area contributed by atoms with Crippen molar-refractivity contribution in [1.82, 2.24) is 14.5 Å². The lowest BCUT2D eigenvalue weighted by molar-refractivity contribution is 0.671. The minimum atomic E-state index is 0.764. The Morgan fingerprint density at radius 2 is 2.15 bits per heavy atom. The van der Waals surface area contributed by atoms with Crippen molar-refractivity contribution >= 4 is 28.1 Å². The van der Waals surface area contributed by atoms with E-state index in [4.69, 9.17) is 5.73 Å². The molecule has 0 radical (unpaired) electrons. The summed E-state index contributed by atoms with van der Waals surface area (Å²) in [6.45, 7) is 5.08. The monoisotopic (exact) mass is 286 g/mol. The highest BCUT2D eigenvalue weighted by atomic mass is 32.1. The van der Waals surface area contributed by atoms with Crippen molar-refractivity contribution in [3.8, 4) is 0 Å². The van der Waals surface area contributed by atoms with Crippen LogP contribution in [-0.2, 0) is 19.4 Å². The molecule has 104 valence electrons. The van der Waals surface area contributed by atoms with E-state index < -0.39 is 0 Å². The number of nitrogen functional groups attached to an aromatic ring is 1. The Labute approximate surface area is 122 Å². The number of hydrogen-bond donors (Lipinski definition) is 1. The molecule has 0 fully saturated rings. The molecule has 0 aliphatic rings. The van der Waals surface area contributed by atoms with Gasteiger partial charge in [0.15, 0.2) is 0 Å². The highest BCUT2D eigenvalue weighted by Gasteiger charge is 2.10. The second-order valence-corrected chi connectivity index (χ2v) is 5.86. The molecular formula is C15H18N4S. The van der Waals surface area contributed by atoms with Crippen molar-refractivity contribution in [3.63, 3.8) is 0 Å². The number of imidazole rings is 1. The van der Waals surface area contributed by atoms with E-state index in [1.165, 1.54) is 5.01 Å². The van der Waals surface area contributed by atoms with Crippen molar-refractivity contribution in [2.24, 2.45) is 0 Å². The van der Waals surface area contributed by atoms with Crippen molar-refractivity contribution in [1.29, 1.82) is 0 Å². The molecular weight excluding hydrogens is 268 g/mol. The van der Waals surface area contributed by atoms with Crippen molar-refractivity contribution < 1.29 is 0 Å². The van der Waals surface area contributed by atoms with E-state index in [-0.39, 0.29) is 0 Å². The van der Waals surface area contributed by atoms with Crippen LogP contribution in [0.1, 0.15) is 23.4 Å². The zero-order valence-corrected chi connectivity index (χ0v) is 12.6. The molecule has 3 rings (SSSR count). The Morgan fingerprint density at radius 3 is 2.85 bits per heavy atom. The summed E-state index contributed by atoms with van der Waals surface area (Å²) in [7, 11) is 0. The molecule has 4 nitrogen and oxygen atoms in total. The molecule has 0 aliphatic carbocycles. The minimum Gasteiger partial charge on any atom is -0.399 e. The van der Waals surface area contributed by atoms with E-state index in [0.29, 0.717) is 0 Å². The number of benzene rings is 1. The summed E-state index contributed by atoms with van der Waals surface area (Å²) in [6.07, 6.45) is 1.87. The fraction of sp³-hybridized carbons (Fsp3) is 0.333. The smallest absolute Gasteiger partial charge is 0.109 e. The highest BCUT2D eigenvalue weighted by molar-refractivity contribution is 7.09. The molecule has 20 heavy (non-hydrogen) atoms. The van der Waals surface area contributed by atoms with Gasteiger partial charge in [-0.15, -0.1) is 11.3 Å². The molecule has 0 unspecified atom stereocenters. The molecule has 0 bridgehead atoms. The fourth-order valence-electron chi connectivity index (χ4n) is 2.44. The van der Waals surface area contributed by atoms with Crippen LogP contribution < -0.4 is 5.73 Å². The largest absolute Gasteiger partial charge is 0.399 e. The number of aryl methyl sites for hydroxylation is 4. The summed E-state index contributed by atoms with van der Waals surface area (Å²) in [6, 6.07) is 5.94. The van der Waals surface area contributed by atoms with E-state index in [0.717, 1.165) is 47.6 Å². The average molecular weight is 286 g/mol. The van der Waals surface area contributed by atoms with E-state index in [1.54, 1.807) is 11.3 Å². The zero-order valence-electron chi connectivity index (χ0n) is 11.8. The Balaban J connectivity index is 1.93. The Kier molecular flexibility index (Phi) is 3.44. The molecule has 0 spiro atoms. The van der Waals surface area contributed by atoms with Gasteiger partial charge in [-0.3, -0.25) is 0 Å². The maximum atomic E-state index is 5.83. The summed E-state index contributed by atoms with van der Waals surface area (Å²) in [5, 5.41) is 3.28. The third-order valence-corrected chi connectivity index (χ3v) is 4.41. The van der Waals surface area contributed by atoms with Gasteiger partial charge in [0, 0.05) is 36.1 Å². The van der Waals surface area contributed by atoms with E-state index in [1.807, 2.05) is 19.1 Å². The van der Waals surface area contributed by atoms with Gasteiger partial charge in [-0.25, -0.2) is 9.97 Å². The number of fused-ring (bicyclic) bond motifs is 1. The lowest BCUT2D eigenvalue weighted by Crippen LogP contribution is -2.05. The summed E-state index contributed by atoms with van der Waals surface area (Å²) in [5.41, 5.74) is 9.84. The lowest BCUT2D eigenvalue weighted by Gasteiger charge is -2.06. The number of nitrogens with zero attached hydrogens (tertiary/aromatic N) is 3. The van der Waals surface area contributed by atoms with Crippen LogP contribution in [0, 0.1) is 6.92 Å². The van der Waals surface area contributed by atoms with Gasteiger partial charge in [0.05, 0.1) is 16.0 Å². The molecule has 2 heterocycles. The first kappa shape index (κ1) is 13.1. The third-order valence-electron chi connectivity index (χ3n) is 3.38. The van der Waals surface area contributed by atoms with Gasteiger partial charge in [-0.2, -0.15) is 0 Å². The highest BCUT2D eigenvalue weighted by Crippen LogP contribution is 2.20. The summed E-state index contributed by atoms with van der Waals surface area (Å²) in [5.74, 6) is 1.11. The van der Waals surface area contributed by atoms with Crippen molar-refractivity contribution in [3.05, 3.63) is 40.1 Å². The fourth-order valence-corrected chi connectivity index (χ4v) is 3.21. The van der Waals surface area contributed by atoms with Crippen LogP contribution in [0.15, 0.2) is 23.6 Å². The number of hydrogen-bond acceptors (Lipinski definition) is 4. The molecule has 0 amide bonds. The summed E-state index contributed by atoms with van der Waals surface area (Å²) in [4.78, 5) is 9.20. The molecule has 5 heteroatoms. The third kappa shape index (κ3) is 2.41. The number of thiazole rings is 1. The molecule has 0 saturated carbocycles. The van der Waals surface area contributed by atoms with Gasteiger partial charge in [-0.05, 0) is 25.1 Å². The van der Waals surface area contributed by atoms with Crippen LogP contribution in [0.3, 0.4) is 0 Å². The van der Waals surface area contributed by atoms with Gasteiger partial charge >= 0.3 is 0 Å². The lowest BCUT2D eigenvalue weighted by atomic mass is 10.3. The Hall–Kier alpha value is -1.88. The molecule has 2 aromatic heterocycles. The predicted molar refractivity (Wildman–Crippen MR) is 84.1 cm³/mol. The first-order chi connectivity index (χ1) is 9.67. The Bertz CT molecular complexity index is 741. The molecule has 1 aromatic carbocycles. The summed E-state index contributed by atoms with van der Waals surface area (Å²) >= 11 is 1.73. The van der Waals surface area contributed by atoms with Gasteiger partial charge in [-0.1, -0.05) is 6.92 Å². The maximum absolute atomic E-state index is 5.83. The first-order valence-corrected chi connectivity index (χ1v) is 7.71. The van der Waals surface area contributed by atoms with Crippen LogP contribution >= 0.6 is 11.3 Å². The first-order valence-electron chi connectivity index (χ1n) is 6.83. The average Bonchev–Trinajstić information content (AvgIpc) is 2.99. The van der Waals surface area contributed by atoms with Crippen LogP contribution in [0.2, 0.25) is 0 Å². The summed E-state index contributed by atoms with van der Waals surface area (Å²) < 4.78 is 2.28. The van der Waals surface area contributed by atoms with Gasteiger partial charge in [0.1, 0.15) is 5.82 Å². The normalized spacial score (nSPS) is 11.3. The van der Waals surface area contributed by atoms with Crippen LogP contribution in [0.25, 0.3) is 11.0 Å². The van der Waals surface area contributed by atoms with E-state index in [9.17, 15) is 0 Å². The van der Waals surface area contributed by atoms with Crippen LogP contribution in [0.4, 0.5) is 5.69 Å². The van der Waals surface area contributed by atoms with Crippen LogP contribution in [-0.4, -0.2) is 14.5 Å². The van der Waals surface area contributed by atoms with Crippen molar-refractivity contribution in [2.45, 2.75) is 33.2 Å². The maximum Gasteiger partial charge on any atom is 0.109 e. The van der Waals surface area contributed by atoms with E-state index >= 15 is 0 Å². The second-order valence-electron chi connectivity index (χ2n) is 4.91. The molecule has 3 aromatic rings. The number of nitrogens with two attached hydrogens (primary N) is 1. The number of aromatic nitrogens is 3. The molecule has 0 saturated heterocycles. The number of rotatable bonds is 4. The van der Waals surface area contributed by atoms with Crippen molar-refractivity contribution in [2.75, 3.05) is 5.73 Å². The molecule has 2 N–H and O–H groups in total. The number of anilines is 1. The SMILES string of the molecule is CCc1nc2cc(N)ccc2n1CCc1nc(C)cs1. The minimum absolute atomic E-state index is 0.764. The van der Waals surface area contributed by atoms with Gasteiger partial charge in [0.2, 0.25) is 0 Å². The molecule has 0 atom stereocenters. The van der Waals surface area contributed by atoms with Gasteiger partial charge in [0.25, 0.3) is 0 Å². The molecule has 0 aliphatic heterocycles.